The minimum absolute atomic E-state index is 0.174. The Hall–Kier alpha value is -5.53. The van der Waals surface area contributed by atoms with Crippen LogP contribution < -0.4 is 14.8 Å². The number of nitriles is 1. The summed E-state index contributed by atoms with van der Waals surface area (Å²) in [6.45, 7) is 6.14. The fourth-order valence-electron chi connectivity index (χ4n) is 6.26. The van der Waals surface area contributed by atoms with Crippen molar-refractivity contribution in [2.24, 2.45) is 0 Å². The van der Waals surface area contributed by atoms with Gasteiger partial charge in [0, 0.05) is 49.5 Å². The second kappa shape index (κ2) is 15.1. The number of benzene rings is 1. The van der Waals surface area contributed by atoms with Crippen LogP contribution in [0.4, 0.5) is 11.6 Å². The molecule has 0 radical (unpaired) electrons. The van der Waals surface area contributed by atoms with E-state index in [1.54, 1.807) is 41.6 Å². The van der Waals surface area contributed by atoms with Crippen LogP contribution in [0, 0.1) is 11.3 Å². The van der Waals surface area contributed by atoms with Crippen LogP contribution in [0.5, 0.6) is 11.6 Å². The molecular formula is C33H37N13O3. The van der Waals surface area contributed by atoms with Crippen molar-refractivity contribution in [2.45, 2.75) is 63.9 Å². The average Bonchev–Trinajstić information content (AvgIpc) is 3.82. The zero-order valence-electron chi connectivity index (χ0n) is 27.2. The Bertz CT molecular complexity index is 1830. The van der Waals surface area contributed by atoms with E-state index in [2.05, 4.69) is 51.7 Å². The minimum Gasteiger partial charge on any atom is -0.487 e. The van der Waals surface area contributed by atoms with Gasteiger partial charge in [-0.1, -0.05) is 6.07 Å². The van der Waals surface area contributed by atoms with Gasteiger partial charge in [0.05, 0.1) is 37.6 Å². The molecule has 2 aliphatic rings. The van der Waals surface area contributed by atoms with Gasteiger partial charge in [-0.05, 0) is 66.8 Å². The third-order valence-electron chi connectivity index (χ3n) is 8.76. The van der Waals surface area contributed by atoms with Crippen LogP contribution in [0.1, 0.15) is 50.0 Å². The topological polar surface area (TPSA) is 180 Å². The molecule has 5 aromatic rings. The van der Waals surface area contributed by atoms with E-state index < -0.39 is 0 Å². The highest BCUT2D eigenvalue weighted by Crippen LogP contribution is 2.35. The van der Waals surface area contributed by atoms with Crippen LogP contribution in [0.3, 0.4) is 0 Å². The highest BCUT2D eigenvalue weighted by Gasteiger charge is 2.29. The highest BCUT2D eigenvalue weighted by molar-refractivity contribution is 5.67. The highest BCUT2D eigenvalue weighted by atomic mass is 16.5. The van der Waals surface area contributed by atoms with Crippen LogP contribution >= 0.6 is 0 Å². The van der Waals surface area contributed by atoms with E-state index in [-0.39, 0.29) is 18.8 Å². The molecule has 1 saturated carbocycles. The maximum absolute atomic E-state index is 9.67. The normalized spacial score (nSPS) is 18.8. The molecule has 1 atom stereocenters. The van der Waals surface area contributed by atoms with Crippen LogP contribution in [-0.2, 0) is 17.9 Å². The summed E-state index contributed by atoms with van der Waals surface area (Å²) in [5, 5.41) is 29.0. The first-order valence-electron chi connectivity index (χ1n) is 16.4. The number of morpholine rings is 1. The molecule has 1 saturated heterocycles. The number of hydrogen-bond donors (Lipinski definition) is 1. The lowest BCUT2D eigenvalue weighted by Crippen LogP contribution is -2.45. The van der Waals surface area contributed by atoms with E-state index in [0.29, 0.717) is 47.2 Å². The molecule has 1 aliphatic carbocycles. The number of hydrogen-bond acceptors (Lipinski definition) is 14. The van der Waals surface area contributed by atoms with E-state index in [4.69, 9.17) is 19.3 Å². The van der Waals surface area contributed by atoms with Gasteiger partial charge in [0.1, 0.15) is 36.5 Å². The molecule has 0 bridgehead atoms. The standard InChI is InChI=1S/C33H37N13O3/c1-23(19-45-22-39-42-43-45)49-30-15-24(3-4-25(30)16-34)26-17-37-33(38-18-26)40-29-20-46(41-32(29)48-21-31-35-9-2-10-36-31)28-7-5-27(6-8-28)44-11-13-47-14-12-44/h2-4,9-10,15,17-18,20,22-23,27-28H,5-8,11-14,19,21H2,1H3,(H,37,38,40)/t23-,27-,28-/m0/s1. The largest absolute Gasteiger partial charge is 0.487 e. The van der Waals surface area contributed by atoms with E-state index in [1.807, 2.05) is 29.9 Å². The number of nitrogens with zero attached hydrogens (tertiary/aromatic N) is 12. The van der Waals surface area contributed by atoms with Crippen LogP contribution in [0.15, 0.2) is 61.6 Å². The van der Waals surface area contributed by atoms with Crippen LogP contribution in [-0.4, -0.2) is 93.3 Å². The summed E-state index contributed by atoms with van der Waals surface area (Å²) in [4.78, 5) is 20.3. The lowest BCUT2D eigenvalue weighted by Gasteiger charge is -2.38. The molecule has 0 amide bonds. The number of rotatable bonds is 12. The molecule has 2 fully saturated rings. The lowest BCUT2D eigenvalue weighted by molar-refractivity contribution is 0.00502. The Kier molecular flexibility index (Phi) is 9.90. The van der Waals surface area contributed by atoms with Crippen molar-refractivity contribution < 1.29 is 14.2 Å². The maximum Gasteiger partial charge on any atom is 0.257 e. The van der Waals surface area contributed by atoms with Gasteiger partial charge >= 0.3 is 0 Å². The number of nitrogens with one attached hydrogen (secondary N) is 1. The molecule has 252 valence electrons. The Morgan fingerprint density at radius 2 is 1.80 bits per heavy atom. The number of tetrazole rings is 1. The molecule has 4 aromatic heterocycles. The average molecular weight is 664 g/mol. The zero-order chi connectivity index (χ0) is 33.4. The van der Waals surface area contributed by atoms with Crippen molar-refractivity contribution in [1.82, 2.24) is 54.8 Å². The fourth-order valence-corrected chi connectivity index (χ4v) is 6.26. The predicted octanol–water partition coefficient (Wildman–Crippen LogP) is 3.59. The lowest BCUT2D eigenvalue weighted by atomic mass is 9.90. The van der Waals surface area contributed by atoms with Crippen molar-refractivity contribution in [2.75, 3.05) is 31.6 Å². The van der Waals surface area contributed by atoms with Gasteiger partial charge in [0.25, 0.3) is 5.88 Å². The van der Waals surface area contributed by atoms with E-state index >= 15 is 0 Å². The summed E-state index contributed by atoms with van der Waals surface area (Å²) in [6.07, 6.45) is 14.3. The SMILES string of the molecule is C[C@@H](Cn1cnnn1)Oc1cc(-c2cnc(Nc3cn([C@H]4CC[C@H](N5CCOCC5)CC4)nc3OCc3ncccn3)nc2)ccc1C#N. The zero-order valence-corrected chi connectivity index (χ0v) is 27.2. The molecular weight excluding hydrogens is 626 g/mol. The second-order valence-corrected chi connectivity index (χ2v) is 12.1. The summed E-state index contributed by atoms with van der Waals surface area (Å²) < 4.78 is 21.4. The van der Waals surface area contributed by atoms with Crippen LogP contribution in [0.2, 0.25) is 0 Å². The summed E-state index contributed by atoms with van der Waals surface area (Å²) in [6, 6.07) is 10.2. The van der Waals surface area contributed by atoms with Crippen LogP contribution in [0.25, 0.3) is 11.1 Å². The molecule has 0 spiro atoms. The van der Waals surface area contributed by atoms with Gasteiger partial charge in [-0.25, -0.2) is 24.6 Å². The van der Waals surface area contributed by atoms with E-state index in [0.717, 1.165) is 63.1 Å². The van der Waals surface area contributed by atoms with Gasteiger partial charge in [0.15, 0.2) is 5.82 Å². The molecule has 0 unspecified atom stereocenters. The summed E-state index contributed by atoms with van der Waals surface area (Å²) >= 11 is 0. The van der Waals surface area contributed by atoms with Gasteiger partial charge in [-0.2, -0.15) is 5.26 Å². The van der Waals surface area contributed by atoms with Crippen molar-refractivity contribution in [3.05, 3.63) is 73.0 Å². The minimum atomic E-state index is -0.278. The van der Waals surface area contributed by atoms with E-state index in [9.17, 15) is 5.26 Å². The quantitative estimate of drug-likeness (QED) is 0.205. The van der Waals surface area contributed by atoms with Crippen molar-refractivity contribution >= 4 is 11.6 Å². The third-order valence-corrected chi connectivity index (χ3v) is 8.76. The van der Waals surface area contributed by atoms with Crippen molar-refractivity contribution in [3.63, 3.8) is 0 Å². The molecule has 5 heterocycles. The Morgan fingerprint density at radius 3 is 2.53 bits per heavy atom. The molecule has 16 nitrogen and oxygen atoms in total. The number of anilines is 2. The van der Waals surface area contributed by atoms with E-state index in [1.165, 1.54) is 6.33 Å². The first-order valence-corrected chi connectivity index (χ1v) is 16.4. The summed E-state index contributed by atoms with van der Waals surface area (Å²) in [5.41, 5.74) is 2.65. The van der Waals surface area contributed by atoms with Crippen molar-refractivity contribution in [1.29, 1.82) is 5.26 Å². The Balaban J connectivity index is 1.05. The van der Waals surface area contributed by atoms with Gasteiger partial charge < -0.3 is 19.5 Å². The molecule has 49 heavy (non-hydrogen) atoms. The third kappa shape index (κ3) is 7.96. The van der Waals surface area contributed by atoms with Gasteiger partial charge in [-0.15, -0.1) is 10.2 Å². The number of aromatic nitrogens is 10. The first kappa shape index (κ1) is 32.0. The molecule has 16 heteroatoms. The Morgan fingerprint density at radius 1 is 1.02 bits per heavy atom. The van der Waals surface area contributed by atoms with Gasteiger partial charge in [0.2, 0.25) is 5.95 Å². The first-order chi connectivity index (χ1) is 24.1. The smallest absolute Gasteiger partial charge is 0.257 e. The predicted molar refractivity (Wildman–Crippen MR) is 176 cm³/mol. The molecule has 7 rings (SSSR count). The van der Waals surface area contributed by atoms with Gasteiger partial charge in [-0.3, -0.25) is 9.58 Å². The maximum atomic E-state index is 9.67. The second-order valence-electron chi connectivity index (χ2n) is 12.1. The number of ether oxygens (including phenoxy) is 3. The van der Waals surface area contributed by atoms with Crippen molar-refractivity contribution in [3.8, 4) is 28.8 Å². The monoisotopic (exact) mass is 663 g/mol. The molecule has 1 N–H and O–H groups in total. The Labute approximate surface area is 283 Å². The molecule has 1 aromatic carbocycles. The summed E-state index contributed by atoms with van der Waals surface area (Å²) in [7, 11) is 0. The fraction of sp³-hybridized carbons (Fsp3) is 0.424. The summed E-state index contributed by atoms with van der Waals surface area (Å²) in [5.74, 6) is 1.84. The molecule has 1 aliphatic heterocycles.